The smallest absolute Gasteiger partial charge is 0.433 e. The lowest BCUT2D eigenvalue weighted by Gasteiger charge is -2.19. The molecule has 0 atom stereocenters. The Labute approximate surface area is 189 Å². The van der Waals surface area contributed by atoms with Crippen molar-refractivity contribution in [2.45, 2.75) is 50.3 Å². The summed E-state index contributed by atoms with van der Waals surface area (Å²) in [6.45, 7) is 8.02. The zero-order valence-corrected chi connectivity index (χ0v) is 19.1. The van der Waals surface area contributed by atoms with Crippen molar-refractivity contribution in [2.24, 2.45) is 18.0 Å². The minimum atomic E-state index is -4.62. The summed E-state index contributed by atoms with van der Waals surface area (Å²) >= 11 is 1.60. The molecule has 0 amide bonds. The Morgan fingerprint density at radius 3 is 2.69 bits per heavy atom. The molecule has 2 aromatic heterocycles. The first-order chi connectivity index (χ1) is 14.9. The van der Waals surface area contributed by atoms with Gasteiger partial charge in [-0.1, -0.05) is 0 Å². The first kappa shape index (κ1) is 23.9. The third-order valence-corrected chi connectivity index (χ3v) is 6.27. The second-order valence-corrected chi connectivity index (χ2v) is 9.21. The summed E-state index contributed by atoms with van der Waals surface area (Å²) in [6, 6.07) is 3.89. The summed E-state index contributed by atoms with van der Waals surface area (Å²) in [5.41, 5.74) is -0.901. The van der Waals surface area contributed by atoms with E-state index in [9.17, 15) is 18.4 Å². The Hall–Kier alpha value is -2.80. The van der Waals surface area contributed by atoms with Crippen molar-refractivity contribution in [1.29, 1.82) is 5.26 Å². The van der Waals surface area contributed by atoms with Gasteiger partial charge < -0.3 is 9.30 Å². The van der Waals surface area contributed by atoms with Gasteiger partial charge in [-0.2, -0.15) is 18.4 Å². The number of hydrogen-bond acceptors (Lipinski definition) is 6. The summed E-state index contributed by atoms with van der Waals surface area (Å²) in [4.78, 5) is 12.9. The number of pyridine rings is 1. The highest BCUT2D eigenvalue weighted by Gasteiger charge is 2.34. The molecule has 0 unspecified atom stereocenters. The van der Waals surface area contributed by atoms with Gasteiger partial charge in [0.15, 0.2) is 11.4 Å². The maximum Gasteiger partial charge on any atom is 0.433 e. The number of aromatic nitrogens is 3. The number of ether oxygens (including phenoxy) is 1. The van der Waals surface area contributed by atoms with Crippen molar-refractivity contribution in [1.82, 2.24) is 14.5 Å². The van der Waals surface area contributed by atoms with Gasteiger partial charge in [0, 0.05) is 23.4 Å². The van der Waals surface area contributed by atoms with Crippen LogP contribution >= 0.6 is 11.8 Å². The molecule has 2 aromatic rings. The van der Waals surface area contributed by atoms with Crippen molar-refractivity contribution < 1.29 is 17.9 Å². The molecule has 0 bridgehead atoms. The van der Waals surface area contributed by atoms with Crippen LogP contribution in [0.3, 0.4) is 0 Å². The number of allylic oxidation sites excluding steroid dienone is 1. The summed E-state index contributed by atoms with van der Waals surface area (Å²) in [7, 11) is 1.73. The van der Waals surface area contributed by atoms with Crippen LogP contribution in [0.25, 0.3) is 17.6 Å². The van der Waals surface area contributed by atoms with Gasteiger partial charge in [-0.3, -0.25) is 4.99 Å². The molecule has 0 N–H and O–H groups in total. The van der Waals surface area contributed by atoms with Crippen molar-refractivity contribution >= 4 is 24.6 Å². The summed E-state index contributed by atoms with van der Waals surface area (Å²) in [5.74, 6) is 2.42. The summed E-state index contributed by atoms with van der Waals surface area (Å²) in [6.07, 6.45) is 0.122. The minimum Gasteiger partial charge on any atom is -0.471 e. The number of nitriles is 1. The van der Waals surface area contributed by atoms with Gasteiger partial charge in [-0.05, 0) is 58.4 Å². The molecular formula is C22H24F3N5OS. The normalized spacial score (nSPS) is 14.9. The highest BCUT2D eigenvalue weighted by Crippen LogP contribution is 2.39. The first-order valence-electron chi connectivity index (χ1n) is 9.97. The fraction of sp³-hybridized carbons (Fsp3) is 0.455. The van der Waals surface area contributed by atoms with E-state index in [2.05, 4.69) is 27.7 Å². The first-order valence-corrected chi connectivity index (χ1v) is 11.0. The van der Waals surface area contributed by atoms with Crippen LogP contribution in [0.1, 0.15) is 38.1 Å². The zero-order chi connectivity index (χ0) is 23.7. The summed E-state index contributed by atoms with van der Waals surface area (Å²) in [5, 5.41) is 9.25. The highest BCUT2D eigenvalue weighted by atomic mass is 32.2. The van der Waals surface area contributed by atoms with Gasteiger partial charge in [0.1, 0.15) is 23.2 Å². The van der Waals surface area contributed by atoms with Crippen LogP contribution in [0, 0.1) is 24.2 Å². The van der Waals surface area contributed by atoms with Crippen LogP contribution in [-0.2, 0) is 7.05 Å². The number of thioether (sulfide) groups is 1. The maximum atomic E-state index is 13.1. The lowest BCUT2D eigenvalue weighted by atomic mass is 10.2. The molecule has 10 heteroatoms. The number of halogens is 3. The van der Waals surface area contributed by atoms with Crippen molar-refractivity contribution in [2.75, 3.05) is 5.75 Å². The highest BCUT2D eigenvalue weighted by molar-refractivity contribution is 7.99. The van der Waals surface area contributed by atoms with E-state index < -0.39 is 17.5 Å². The Bertz CT molecular complexity index is 1090. The molecule has 1 fully saturated rings. The van der Waals surface area contributed by atoms with E-state index in [0.29, 0.717) is 28.9 Å². The Balaban J connectivity index is 2.05. The second-order valence-electron chi connectivity index (χ2n) is 8.15. The van der Waals surface area contributed by atoms with E-state index in [1.54, 1.807) is 50.2 Å². The maximum absolute atomic E-state index is 13.1. The van der Waals surface area contributed by atoms with Crippen LogP contribution in [0.15, 0.2) is 27.8 Å². The largest absolute Gasteiger partial charge is 0.471 e. The minimum absolute atomic E-state index is 0.146. The summed E-state index contributed by atoms with van der Waals surface area (Å²) < 4.78 is 46.9. The van der Waals surface area contributed by atoms with Gasteiger partial charge in [0.2, 0.25) is 0 Å². The standard InChI is InChI=1S/C22H24F3N5OS/c1-13-16(9-18(27-4)22(23,24)25)29-20(30(13)5)19-17(32-11-14-6-7-14)8-15(10-28-19)31-21(2,3)12-26/h8-10,14H,4,6-7,11H2,1-3,5H3/b18-9-. The lowest BCUT2D eigenvalue weighted by Crippen LogP contribution is -2.25. The van der Waals surface area contributed by atoms with E-state index in [1.165, 1.54) is 19.0 Å². The molecule has 0 saturated heterocycles. The van der Waals surface area contributed by atoms with Gasteiger partial charge in [-0.15, -0.1) is 11.8 Å². The van der Waals surface area contributed by atoms with E-state index in [-0.39, 0.29) is 5.69 Å². The molecule has 6 nitrogen and oxygen atoms in total. The molecule has 170 valence electrons. The van der Waals surface area contributed by atoms with Crippen molar-refractivity contribution in [3.8, 4) is 23.3 Å². The molecule has 1 aliphatic carbocycles. The van der Waals surface area contributed by atoms with Gasteiger partial charge in [0.05, 0.1) is 11.9 Å². The molecular weight excluding hydrogens is 439 g/mol. The van der Waals surface area contributed by atoms with Crippen LogP contribution in [-0.4, -0.2) is 38.8 Å². The second kappa shape index (κ2) is 8.98. The molecule has 3 rings (SSSR count). The molecule has 0 aromatic carbocycles. The number of rotatable bonds is 8. The number of nitrogens with zero attached hydrogens (tertiary/aromatic N) is 5. The average molecular weight is 464 g/mol. The SMILES string of the molecule is C=N/C(=C\c1nc(-c2ncc(OC(C)(C)C#N)cc2SCC2CC2)n(C)c1C)C(F)(F)F. The van der Waals surface area contributed by atoms with Gasteiger partial charge in [-0.25, -0.2) is 9.97 Å². The molecule has 2 heterocycles. The topological polar surface area (TPSA) is 76.1 Å². The molecule has 32 heavy (non-hydrogen) atoms. The third kappa shape index (κ3) is 5.51. The van der Waals surface area contributed by atoms with Gasteiger partial charge >= 0.3 is 6.18 Å². The number of imidazole rings is 1. The van der Waals surface area contributed by atoms with E-state index in [1.807, 2.05) is 0 Å². The Morgan fingerprint density at radius 2 is 2.12 bits per heavy atom. The number of alkyl halides is 3. The Morgan fingerprint density at radius 1 is 1.44 bits per heavy atom. The third-order valence-electron chi connectivity index (χ3n) is 5.01. The molecule has 0 aliphatic heterocycles. The molecule has 0 spiro atoms. The van der Waals surface area contributed by atoms with Crippen LogP contribution in [0.5, 0.6) is 5.75 Å². The van der Waals surface area contributed by atoms with E-state index >= 15 is 0 Å². The van der Waals surface area contributed by atoms with E-state index in [4.69, 9.17) is 4.74 Å². The van der Waals surface area contributed by atoms with E-state index in [0.717, 1.165) is 16.7 Å². The van der Waals surface area contributed by atoms with Crippen LogP contribution < -0.4 is 4.74 Å². The molecule has 1 aliphatic rings. The molecule has 1 saturated carbocycles. The number of aliphatic imine (C=N–C) groups is 1. The molecule has 0 radical (unpaired) electrons. The van der Waals surface area contributed by atoms with Crippen molar-refractivity contribution in [3.05, 3.63) is 29.3 Å². The van der Waals surface area contributed by atoms with Crippen molar-refractivity contribution in [3.63, 3.8) is 0 Å². The fourth-order valence-electron chi connectivity index (χ4n) is 2.87. The zero-order valence-electron chi connectivity index (χ0n) is 18.3. The quantitative estimate of drug-likeness (QED) is 0.377. The predicted molar refractivity (Wildman–Crippen MR) is 119 cm³/mol. The Kier molecular flexibility index (Phi) is 6.69. The van der Waals surface area contributed by atoms with Gasteiger partial charge in [0.25, 0.3) is 0 Å². The fourth-order valence-corrected chi connectivity index (χ4v) is 4.09. The average Bonchev–Trinajstić information content (AvgIpc) is 3.51. The van der Waals surface area contributed by atoms with Crippen LogP contribution in [0.4, 0.5) is 13.2 Å². The monoisotopic (exact) mass is 463 g/mol. The van der Waals surface area contributed by atoms with Crippen LogP contribution in [0.2, 0.25) is 0 Å². The lowest BCUT2D eigenvalue weighted by molar-refractivity contribution is -0.0912. The predicted octanol–water partition coefficient (Wildman–Crippen LogP) is 5.58. The number of hydrogen-bond donors (Lipinski definition) is 0.